The standard InChI is InChI=1S/C15H21BrN2O3/c1-10(2)18(8-4-5-14(19)20)15(21)17-13-7-6-12(16)9-11(13)3/h6-7,9-10H,4-5,8H2,1-3H3,(H,17,21)(H,19,20). The molecule has 0 spiro atoms. The van der Waals surface area contributed by atoms with Crippen molar-refractivity contribution < 1.29 is 14.7 Å². The number of amides is 2. The van der Waals surface area contributed by atoms with Gasteiger partial charge < -0.3 is 15.3 Å². The minimum absolute atomic E-state index is 0.00884. The molecule has 0 unspecified atom stereocenters. The van der Waals surface area contributed by atoms with Gasteiger partial charge in [-0.2, -0.15) is 0 Å². The van der Waals surface area contributed by atoms with E-state index in [0.29, 0.717) is 13.0 Å². The molecule has 2 amide bonds. The first-order chi connectivity index (χ1) is 9.81. The zero-order chi connectivity index (χ0) is 16.0. The highest BCUT2D eigenvalue weighted by Gasteiger charge is 2.17. The van der Waals surface area contributed by atoms with E-state index in [1.54, 1.807) is 4.90 Å². The van der Waals surface area contributed by atoms with Crippen LogP contribution >= 0.6 is 15.9 Å². The first kappa shape index (κ1) is 17.5. The molecule has 0 heterocycles. The summed E-state index contributed by atoms with van der Waals surface area (Å²) in [4.78, 5) is 24.5. The van der Waals surface area contributed by atoms with Crippen molar-refractivity contribution >= 4 is 33.6 Å². The molecule has 6 heteroatoms. The molecular weight excluding hydrogens is 336 g/mol. The average Bonchev–Trinajstić information content (AvgIpc) is 2.37. The topological polar surface area (TPSA) is 69.6 Å². The van der Waals surface area contributed by atoms with Gasteiger partial charge in [-0.05, 0) is 51.0 Å². The maximum Gasteiger partial charge on any atom is 0.322 e. The van der Waals surface area contributed by atoms with E-state index in [1.807, 2.05) is 39.0 Å². The van der Waals surface area contributed by atoms with E-state index in [2.05, 4.69) is 21.2 Å². The third-order valence-electron chi connectivity index (χ3n) is 3.10. The van der Waals surface area contributed by atoms with Gasteiger partial charge in [0.05, 0.1) is 0 Å². The lowest BCUT2D eigenvalue weighted by molar-refractivity contribution is -0.137. The molecule has 0 atom stereocenters. The SMILES string of the molecule is Cc1cc(Br)ccc1NC(=O)N(CCCC(=O)O)C(C)C. The third-order valence-corrected chi connectivity index (χ3v) is 3.60. The van der Waals surface area contributed by atoms with Crippen LogP contribution in [0, 0.1) is 6.92 Å². The van der Waals surface area contributed by atoms with E-state index in [4.69, 9.17) is 5.11 Å². The smallest absolute Gasteiger partial charge is 0.322 e. The molecule has 0 fully saturated rings. The number of rotatable bonds is 6. The van der Waals surface area contributed by atoms with Gasteiger partial charge in [0, 0.05) is 29.2 Å². The van der Waals surface area contributed by atoms with E-state index in [-0.39, 0.29) is 18.5 Å². The summed E-state index contributed by atoms with van der Waals surface area (Å²) in [6.45, 7) is 6.17. The van der Waals surface area contributed by atoms with Crippen LogP contribution in [-0.2, 0) is 4.79 Å². The van der Waals surface area contributed by atoms with Crippen LogP contribution in [0.2, 0.25) is 0 Å². The fraction of sp³-hybridized carbons (Fsp3) is 0.467. The minimum atomic E-state index is -0.845. The molecule has 2 N–H and O–H groups in total. The third kappa shape index (κ3) is 5.75. The normalized spacial score (nSPS) is 10.5. The number of aryl methyl sites for hydroxylation is 1. The van der Waals surface area contributed by atoms with Gasteiger partial charge in [-0.25, -0.2) is 4.79 Å². The molecule has 0 aliphatic carbocycles. The van der Waals surface area contributed by atoms with E-state index < -0.39 is 5.97 Å². The number of urea groups is 1. The second kappa shape index (κ2) is 8.02. The average molecular weight is 357 g/mol. The first-order valence-electron chi connectivity index (χ1n) is 6.87. The van der Waals surface area contributed by atoms with E-state index in [9.17, 15) is 9.59 Å². The van der Waals surface area contributed by atoms with Crippen molar-refractivity contribution in [1.29, 1.82) is 0 Å². The van der Waals surface area contributed by atoms with Crippen LogP contribution in [-0.4, -0.2) is 34.6 Å². The summed E-state index contributed by atoms with van der Waals surface area (Å²) in [7, 11) is 0. The van der Waals surface area contributed by atoms with Gasteiger partial charge in [-0.15, -0.1) is 0 Å². The molecule has 1 aromatic rings. The van der Waals surface area contributed by atoms with Gasteiger partial charge in [-0.1, -0.05) is 15.9 Å². The van der Waals surface area contributed by atoms with Crippen molar-refractivity contribution in [1.82, 2.24) is 4.90 Å². The Hall–Kier alpha value is -1.56. The number of halogens is 1. The summed E-state index contributed by atoms with van der Waals surface area (Å²) in [5, 5.41) is 11.6. The molecular formula is C15H21BrN2O3. The number of benzene rings is 1. The fourth-order valence-corrected chi connectivity index (χ4v) is 2.42. The summed E-state index contributed by atoms with van der Waals surface area (Å²) in [6, 6.07) is 5.44. The zero-order valence-electron chi connectivity index (χ0n) is 12.5. The number of carbonyl (C=O) groups is 2. The van der Waals surface area contributed by atoms with Crippen LogP contribution in [0.15, 0.2) is 22.7 Å². The Morgan fingerprint density at radius 2 is 2.05 bits per heavy atom. The Balaban J connectivity index is 2.70. The van der Waals surface area contributed by atoms with Crippen LogP contribution in [0.1, 0.15) is 32.3 Å². The maximum absolute atomic E-state index is 12.3. The Morgan fingerprint density at radius 1 is 1.38 bits per heavy atom. The van der Waals surface area contributed by atoms with E-state index in [1.165, 1.54) is 0 Å². The van der Waals surface area contributed by atoms with Crippen molar-refractivity contribution in [3.05, 3.63) is 28.2 Å². The maximum atomic E-state index is 12.3. The Morgan fingerprint density at radius 3 is 2.57 bits per heavy atom. The van der Waals surface area contributed by atoms with Crippen molar-refractivity contribution in [3.63, 3.8) is 0 Å². The molecule has 0 aromatic heterocycles. The zero-order valence-corrected chi connectivity index (χ0v) is 14.1. The van der Waals surface area contributed by atoms with Gasteiger partial charge in [0.25, 0.3) is 0 Å². The molecule has 1 rings (SSSR count). The lowest BCUT2D eigenvalue weighted by Gasteiger charge is -2.27. The van der Waals surface area contributed by atoms with Crippen LogP contribution in [0.3, 0.4) is 0 Å². The van der Waals surface area contributed by atoms with Crippen LogP contribution in [0.25, 0.3) is 0 Å². The minimum Gasteiger partial charge on any atom is -0.481 e. The molecule has 0 aliphatic heterocycles. The highest BCUT2D eigenvalue weighted by Crippen LogP contribution is 2.20. The monoisotopic (exact) mass is 356 g/mol. The molecule has 5 nitrogen and oxygen atoms in total. The van der Waals surface area contributed by atoms with Crippen LogP contribution in [0.4, 0.5) is 10.5 Å². The first-order valence-corrected chi connectivity index (χ1v) is 7.66. The van der Waals surface area contributed by atoms with Crippen molar-refractivity contribution in [2.75, 3.05) is 11.9 Å². The summed E-state index contributed by atoms with van der Waals surface area (Å²) in [6.07, 6.45) is 0.508. The molecule has 0 saturated carbocycles. The van der Waals surface area contributed by atoms with Gasteiger partial charge in [0.2, 0.25) is 0 Å². The van der Waals surface area contributed by atoms with Gasteiger partial charge >= 0.3 is 12.0 Å². The summed E-state index contributed by atoms with van der Waals surface area (Å²) < 4.78 is 0.958. The molecule has 116 valence electrons. The second-order valence-corrected chi connectivity index (χ2v) is 6.09. The Bertz CT molecular complexity index is 518. The Labute approximate surface area is 133 Å². The largest absolute Gasteiger partial charge is 0.481 e. The van der Waals surface area contributed by atoms with E-state index >= 15 is 0 Å². The number of hydrogen-bond donors (Lipinski definition) is 2. The Kier molecular flexibility index (Phi) is 6.68. The highest BCUT2D eigenvalue weighted by atomic mass is 79.9. The number of hydrogen-bond acceptors (Lipinski definition) is 2. The van der Waals surface area contributed by atoms with Crippen LogP contribution in [0.5, 0.6) is 0 Å². The van der Waals surface area contributed by atoms with Crippen molar-refractivity contribution in [3.8, 4) is 0 Å². The molecule has 0 bridgehead atoms. The predicted molar refractivity (Wildman–Crippen MR) is 86.6 cm³/mol. The number of anilines is 1. The van der Waals surface area contributed by atoms with Gasteiger partial charge in [0.1, 0.15) is 0 Å². The molecule has 0 aliphatic rings. The number of nitrogens with one attached hydrogen (secondary N) is 1. The molecule has 0 radical (unpaired) electrons. The number of nitrogens with zero attached hydrogens (tertiary/aromatic N) is 1. The van der Waals surface area contributed by atoms with Gasteiger partial charge in [0.15, 0.2) is 0 Å². The van der Waals surface area contributed by atoms with Gasteiger partial charge in [-0.3, -0.25) is 4.79 Å². The number of carbonyl (C=O) groups excluding carboxylic acids is 1. The second-order valence-electron chi connectivity index (χ2n) is 5.17. The van der Waals surface area contributed by atoms with E-state index in [0.717, 1.165) is 15.7 Å². The number of carboxylic acid groups (broad SMARTS) is 1. The lowest BCUT2D eigenvalue weighted by Crippen LogP contribution is -2.41. The van der Waals surface area contributed by atoms with Crippen molar-refractivity contribution in [2.45, 2.75) is 39.7 Å². The van der Waals surface area contributed by atoms with Crippen LogP contribution < -0.4 is 5.32 Å². The summed E-state index contributed by atoms with van der Waals surface area (Å²) >= 11 is 3.38. The highest BCUT2D eigenvalue weighted by molar-refractivity contribution is 9.10. The molecule has 21 heavy (non-hydrogen) atoms. The van der Waals surface area contributed by atoms with Crippen molar-refractivity contribution in [2.24, 2.45) is 0 Å². The summed E-state index contributed by atoms with van der Waals surface area (Å²) in [5.41, 5.74) is 1.72. The molecule has 0 saturated heterocycles. The fourth-order valence-electron chi connectivity index (χ4n) is 1.95. The lowest BCUT2D eigenvalue weighted by atomic mass is 10.2. The predicted octanol–water partition coefficient (Wildman–Crippen LogP) is 3.86. The molecule has 1 aromatic carbocycles. The number of carboxylic acids is 1. The summed E-state index contributed by atoms with van der Waals surface area (Å²) in [5.74, 6) is -0.845. The quantitative estimate of drug-likeness (QED) is 0.812. The number of aliphatic carboxylic acids is 1.